The lowest BCUT2D eigenvalue weighted by molar-refractivity contribution is -0.122. The number of rotatable bonds is 9. The van der Waals surface area contributed by atoms with Crippen molar-refractivity contribution in [2.45, 2.75) is 36.7 Å². The molecule has 2 aromatic carbocycles. The molecule has 34 heavy (non-hydrogen) atoms. The molecule has 0 bridgehead atoms. The second-order valence-corrected chi connectivity index (χ2v) is 10.9. The minimum atomic E-state index is -3.70. The normalized spacial score (nSPS) is 13.4. The van der Waals surface area contributed by atoms with E-state index in [0.29, 0.717) is 35.3 Å². The lowest BCUT2D eigenvalue weighted by Crippen LogP contribution is -2.35. The summed E-state index contributed by atoms with van der Waals surface area (Å²) < 4.78 is 33.8. The number of H-pyrrole nitrogens is 1. The van der Waals surface area contributed by atoms with Gasteiger partial charge in [-0.1, -0.05) is 30.0 Å². The van der Waals surface area contributed by atoms with Gasteiger partial charge in [0.2, 0.25) is 5.16 Å². The van der Waals surface area contributed by atoms with Crippen LogP contribution >= 0.6 is 11.8 Å². The van der Waals surface area contributed by atoms with Gasteiger partial charge in [0.15, 0.2) is 6.61 Å². The van der Waals surface area contributed by atoms with Crippen LogP contribution in [0.25, 0.3) is 0 Å². The average Bonchev–Trinajstić information content (AvgIpc) is 3.25. The third-order valence-corrected chi connectivity index (χ3v) is 8.05. The van der Waals surface area contributed by atoms with Crippen LogP contribution in [-0.4, -0.2) is 55.0 Å². The number of hydrogen-bond acceptors (Lipinski definition) is 7. The van der Waals surface area contributed by atoms with Crippen molar-refractivity contribution >= 4 is 33.4 Å². The lowest BCUT2D eigenvalue weighted by atomic mass is 10.0. The van der Waals surface area contributed by atoms with Gasteiger partial charge in [-0.05, 0) is 62.1 Å². The number of fused-ring (bicyclic) bond motifs is 1. The molecular weight excluding hydrogens is 474 g/mol. The molecule has 11 heteroatoms. The zero-order chi connectivity index (χ0) is 24.1. The molecule has 4 rings (SSSR count). The maximum Gasteiger partial charge on any atom is 0.264 e. The Morgan fingerprint density at radius 1 is 1.24 bits per heavy atom. The van der Waals surface area contributed by atoms with Gasteiger partial charge >= 0.3 is 0 Å². The molecule has 2 heterocycles. The van der Waals surface area contributed by atoms with Crippen LogP contribution in [0.1, 0.15) is 23.4 Å². The third-order valence-electron chi connectivity index (χ3n) is 5.39. The number of aromatic amines is 1. The predicted octanol–water partition coefficient (Wildman–Crippen LogP) is 2.85. The summed E-state index contributed by atoms with van der Waals surface area (Å²) in [5.74, 6) is 1.59. The van der Waals surface area contributed by atoms with E-state index in [-0.39, 0.29) is 17.4 Å². The number of nitrogens with one attached hydrogen (secondary N) is 2. The van der Waals surface area contributed by atoms with Crippen molar-refractivity contribution in [3.05, 3.63) is 59.4 Å². The van der Waals surface area contributed by atoms with E-state index in [1.54, 1.807) is 19.1 Å². The average molecular weight is 502 g/mol. The van der Waals surface area contributed by atoms with Crippen LogP contribution in [0.3, 0.4) is 0 Å². The van der Waals surface area contributed by atoms with Crippen LogP contribution in [-0.2, 0) is 21.2 Å². The molecule has 2 N–H and O–H groups in total. The Labute approximate surface area is 203 Å². The van der Waals surface area contributed by atoms with Gasteiger partial charge in [-0.25, -0.2) is 13.4 Å². The molecule has 0 fully saturated rings. The maximum atomic E-state index is 13.3. The smallest absolute Gasteiger partial charge is 0.264 e. The van der Waals surface area contributed by atoms with Gasteiger partial charge < -0.3 is 10.1 Å². The topological polar surface area (TPSA) is 117 Å². The minimum Gasteiger partial charge on any atom is -0.484 e. The number of anilines is 1. The van der Waals surface area contributed by atoms with E-state index in [1.165, 1.54) is 22.1 Å². The second kappa shape index (κ2) is 10.5. The van der Waals surface area contributed by atoms with E-state index in [0.717, 1.165) is 29.9 Å². The molecule has 0 atom stereocenters. The summed E-state index contributed by atoms with van der Waals surface area (Å²) in [7, 11) is -3.70. The fraction of sp³-hybridized carbons (Fsp3) is 0.348. The highest BCUT2D eigenvalue weighted by atomic mass is 32.2. The number of thioether (sulfide) groups is 1. The second-order valence-electron chi connectivity index (χ2n) is 7.93. The van der Waals surface area contributed by atoms with Crippen molar-refractivity contribution in [3.8, 4) is 5.75 Å². The molecule has 0 unspecified atom stereocenters. The van der Waals surface area contributed by atoms with E-state index >= 15 is 0 Å². The number of sulfonamides is 1. The van der Waals surface area contributed by atoms with Gasteiger partial charge in [0.25, 0.3) is 15.9 Å². The molecule has 180 valence electrons. The van der Waals surface area contributed by atoms with Crippen molar-refractivity contribution in [2.75, 3.05) is 29.8 Å². The number of carbonyl (C=O) groups excluding carboxylic acids is 1. The van der Waals surface area contributed by atoms with E-state index in [9.17, 15) is 13.2 Å². The Morgan fingerprint density at radius 2 is 2.06 bits per heavy atom. The predicted molar refractivity (Wildman–Crippen MR) is 131 cm³/mol. The number of ether oxygens (including phenoxy) is 1. The van der Waals surface area contributed by atoms with Gasteiger partial charge in [-0.15, -0.1) is 5.10 Å². The molecule has 1 aliphatic heterocycles. The summed E-state index contributed by atoms with van der Waals surface area (Å²) >= 11 is 1.44. The summed E-state index contributed by atoms with van der Waals surface area (Å²) in [6, 6.07) is 12.3. The third kappa shape index (κ3) is 5.53. The molecule has 1 aliphatic rings. The molecule has 0 saturated carbocycles. The fourth-order valence-electron chi connectivity index (χ4n) is 3.73. The van der Waals surface area contributed by atoms with E-state index in [2.05, 4.69) is 20.5 Å². The number of amides is 1. The van der Waals surface area contributed by atoms with Gasteiger partial charge in [0.05, 0.1) is 10.6 Å². The molecule has 0 aliphatic carbocycles. The van der Waals surface area contributed by atoms with Crippen LogP contribution in [0.4, 0.5) is 5.69 Å². The molecule has 3 aromatic rings. The molecule has 0 spiro atoms. The summed E-state index contributed by atoms with van der Waals surface area (Å²) in [5, 5.41) is 10.2. The Morgan fingerprint density at radius 3 is 2.82 bits per heavy atom. The highest BCUT2D eigenvalue weighted by molar-refractivity contribution is 7.99. The number of aromatic nitrogens is 3. The number of hydrogen-bond donors (Lipinski definition) is 2. The lowest BCUT2D eigenvalue weighted by Gasteiger charge is -2.30. The summed E-state index contributed by atoms with van der Waals surface area (Å²) in [4.78, 5) is 16.5. The quantitative estimate of drug-likeness (QED) is 0.342. The van der Waals surface area contributed by atoms with Crippen LogP contribution in [0, 0.1) is 13.8 Å². The Balaban J connectivity index is 1.33. The van der Waals surface area contributed by atoms with Crippen LogP contribution < -0.4 is 14.4 Å². The van der Waals surface area contributed by atoms with Crippen molar-refractivity contribution in [1.82, 2.24) is 20.5 Å². The Bertz CT molecular complexity index is 1280. The number of benzene rings is 2. The van der Waals surface area contributed by atoms with Crippen molar-refractivity contribution in [2.24, 2.45) is 0 Å². The molecule has 1 amide bonds. The molecular formula is C23H27N5O4S2. The SMILES string of the molecule is Cc1nc(SCCNC(=O)COc2ccc(S(=O)(=O)N3CCCc4ccccc43)cc2C)n[nH]1. The van der Waals surface area contributed by atoms with Crippen molar-refractivity contribution in [3.63, 3.8) is 0 Å². The number of nitrogens with zero attached hydrogens (tertiary/aromatic N) is 3. The van der Waals surface area contributed by atoms with E-state index in [1.807, 2.05) is 31.2 Å². The van der Waals surface area contributed by atoms with Gasteiger partial charge in [-0.3, -0.25) is 14.2 Å². The Hall–Kier alpha value is -3.05. The zero-order valence-corrected chi connectivity index (χ0v) is 20.7. The first-order valence-electron chi connectivity index (χ1n) is 11.0. The number of para-hydroxylation sites is 1. The summed E-state index contributed by atoms with van der Waals surface area (Å²) in [5.41, 5.74) is 2.42. The number of carbonyl (C=O) groups is 1. The zero-order valence-electron chi connectivity index (χ0n) is 19.1. The largest absolute Gasteiger partial charge is 0.484 e. The van der Waals surface area contributed by atoms with E-state index in [4.69, 9.17) is 4.74 Å². The minimum absolute atomic E-state index is 0.156. The molecule has 0 radical (unpaired) electrons. The standard InChI is InChI=1S/C23H27N5O4S2/c1-16-14-19(34(30,31)28-12-5-7-18-6-3-4-8-20(18)28)9-10-21(16)32-15-22(29)24-11-13-33-23-25-17(2)26-27-23/h3-4,6,8-10,14H,5,7,11-13,15H2,1-2H3,(H,24,29)(H,25,26,27). The monoisotopic (exact) mass is 501 g/mol. The van der Waals surface area contributed by atoms with Gasteiger partial charge in [0.1, 0.15) is 11.6 Å². The van der Waals surface area contributed by atoms with Crippen LogP contribution in [0.15, 0.2) is 52.5 Å². The van der Waals surface area contributed by atoms with Crippen LogP contribution in [0.2, 0.25) is 0 Å². The molecule has 9 nitrogen and oxygen atoms in total. The van der Waals surface area contributed by atoms with E-state index < -0.39 is 10.0 Å². The number of aryl methyl sites for hydroxylation is 3. The fourth-order valence-corrected chi connectivity index (χ4v) is 6.06. The van der Waals surface area contributed by atoms with Gasteiger partial charge in [-0.2, -0.15) is 0 Å². The maximum absolute atomic E-state index is 13.3. The van der Waals surface area contributed by atoms with Crippen molar-refractivity contribution in [1.29, 1.82) is 0 Å². The first kappa shape index (κ1) is 24.1. The first-order chi connectivity index (χ1) is 16.3. The molecule has 1 aromatic heterocycles. The Kier molecular flexibility index (Phi) is 7.42. The highest BCUT2D eigenvalue weighted by Crippen LogP contribution is 2.33. The van der Waals surface area contributed by atoms with Crippen LogP contribution in [0.5, 0.6) is 5.75 Å². The highest BCUT2D eigenvalue weighted by Gasteiger charge is 2.29. The summed E-state index contributed by atoms with van der Waals surface area (Å²) in [6.45, 7) is 4.34. The summed E-state index contributed by atoms with van der Waals surface area (Å²) in [6.07, 6.45) is 1.65. The first-order valence-corrected chi connectivity index (χ1v) is 13.4. The van der Waals surface area contributed by atoms with Gasteiger partial charge in [0, 0.05) is 18.8 Å². The van der Waals surface area contributed by atoms with Crippen molar-refractivity contribution < 1.29 is 17.9 Å². The molecule has 0 saturated heterocycles.